The van der Waals surface area contributed by atoms with Crippen LogP contribution < -0.4 is 4.74 Å². The Balaban J connectivity index is 2.06. The average Bonchev–Trinajstić information content (AvgIpc) is 2.56. The molecule has 120 valence electrons. The summed E-state index contributed by atoms with van der Waals surface area (Å²) >= 11 is 0. The fraction of sp³-hybridized carbons (Fsp3) is 0.300. The molecule has 3 nitrogen and oxygen atoms in total. The molecule has 0 aliphatic carbocycles. The van der Waals surface area contributed by atoms with Crippen molar-refractivity contribution in [2.75, 3.05) is 6.61 Å². The molecule has 0 heterocycles. The monoisotopic (exact) mass is 310 g/mol. The molecular formula is C20H22O3. The van der Waals surface area contributed by atoms with Gasteiger partial charge in [0.15, 0.2) is 5.78 Å². The highest BCUT2D eigenvalue weighted by molar-refractivity contribution is 6.08. The second-order valence-corrected chi connectivity index (χ2v) is 5.42. The summed E-state index contributed by atoms with van der Waals surface area (Å²) in [7, 11) is 0. The number of carbonyl (C=O) groups is 2. The van der Waals surface area contributed by atoms with Crippen molar-refractivity contribution in [2.45, 2.75) is 33.1 Å². The lowest BCUT2D eigenvalue weighted by atomic mass is 10.00. The Labute approximate surface area is 137 Å². The number of benzene rings is 2. The first-order chi connectivity index (χ1) is 11.1. The lowest BCUT2D eigenvalue weighted by Gasteiger charge is -2.06. The summed E-state index contributed by atoms with van der Waals surface area (Å²) in [5, 5.41) is 0. The van der Waals surface area contributed by atoms with Gasteiger partial charge in [0.1, 0.15) is 11.5 Å². The Morgan fingerprint density at radius 3 is 1.96 bits per heavy atom. The molecule has 0 saturated carbocycles. The number of hydrogen-bond acceptors (Lipinski definition) is 3. The molecule has 0 aliphatic heterocycles. The molecule has 2 aromatic carbocycles. The van der Waals surface area contributed by atoms with Gasteiger partial charge in [-0.3, -0.25) is 9.59 Å². The molecule has 0 aromatic heterocycles. The number of hydrogen-bond donors (Lipinski definition) is 0. The summed E-state index contributed by atoms with van der Waals surface area (Å²) in [5.41, 5.74) is 2.68. The molecule has 0 radical (unpaired) electrons. The molecule has 0 saturated heterocycles. The van der Waals surface area contributed by atoms with E-state index in [-0.39, 0.29) is 18.0 Å². The second kappa shape index (κ2) is 8.28. The predicted octanol–water partition coefficient (Wildman–Crippen LogP) is 4.69. The van der Waals surface area contributed by atoms with Gasteiger partial charge in [-0.25, -0.2) is 0 Å². The van der Waals surface area contributed by atoms with Gasteiger partial charge >= 0.3 is 0 Å². The number of ether oxygens (including phenoxy) is 1. The van der Waals surface area contributed by atoms with Crippen molar-refractivity contribution in [1.82, 2.24) is 0 Å². The lowest BCUT2D eigenvalue weighted by molar-refractivity contribution is -0.118. The SMILES string of the molecule is CCCC(=O)CC(=O)c1ccc(-c2ccc(OCC)cc2)cc1. The number of Topliss-reactive ketones (excluding diaryl/α,β-unsaturated/α-hetero) is 2. The van der Waals surface area contributed by atoms with Crippen LogP contribution in [0, 0.1) is 0 Å². The Hall–Kier alpha value is -2.42. The standard InChI is InChI=1S/C20H22O3/c1-3-5-18(21)14-20(22)17-8-6-15(7-9-17)16-10-12-19(13-11-16)23-4-2/h6-13H,3-5,14H2,1-2H3. The van der Waals surface area contributed by atoms with Gasteiger partial charge in [0, 0.05) is 12.0 Å². The maximum Gasteiger partial charge on any atom is 0.170 e. The van der Waals surface area contributed by atoms with Crippen molar-refractivity contribution in [2.24, 2.45) is 0 Å². The van der Waals surface area contributed by atoms with E-state index in [0.29, 0.717) is 18.6 Å². The van der Waals surface area contributed by atoms with Crippen LogP contribution in [0.15, 0.2) is 48.5 Å². The zero-order valence-corrected chi connectivity index (χ0v) is 13.7. The van der Waals surface area contributed by atoms with Crippen LogP contribution >= 0.6 is 0 Å². The molecule has 2 rings (SSSR count). The molecule has 0 spiro atoms. The second-order valence-electron chi connectivity index (χ2n) is 5.42. The fourth-order valence-electron chi connectivity index (χ4n) is 2.41. The van der Waals surface area contributed by atoms with Crippen molar-refractivity contribution in [1.29, 1.82) is 0 Å². The van der Waals surface area contributed by atoms with Crippen LogP contribution in [0.25, 0.3) is 11.1 Å². The topological polar surface area (TPSA) is 43.4 Å². The van der Waals surface area contributed by atoms with Crippen molar-refractivity contribution in [3.63, 3.8) is 0 Å². The first kappa shape index (κ1) is 16.9. The van der Waals surface area contributed by atoms with Crippen LogP contribution in [0.3, 0.4) is 0 Å². The van der Waals surface area contributed by atoms with E-state index in [2.05, 4.69) is 0 Å². The van der Waals surface area contributed by atoms with E-state index in [1.807, 2.05) is 50.2 Å². The predicted molar refractivity (Wildman–Crippen MR) is 91.9 cm³/mol. The minimum Gasteiger partial charge on any atom is -0.494 e. The van der Waals surface area contributed by atoms with Crippen molar-refractivity contribution in [3.05, 3.63) is 54.1 Å². The summed E-state index contributed by atoms with van der Waals surface area (Å²) in [6.07, 6.45) is 1.25. The average molecular weight is 310 g/mol. The normalized spacial score (nSPS) is 10.3. The van der Waals surface area contributed by atoms with Gasteiger partial charge in [-0.2, -0.15) is 0 Å². The third-order valence-corrected chi connectivity index (χ3v) is 3.59. The Kier molecular flexibility index (Phi) is 6.10. The molecule has 0 unspecified atom stereocenters. The third kappa shape index (κ3) is 4.78. The molecule has 0 N–H and O–H groups in total. The van der Waals surface area contributed by atoms with Gasteiger partial charge < -0.3 is 4.74 Å². The molecule has 0 fully saturated rings. The summed E-state index contributed by atoms with van der Waals surface area (Å²) in [4.78, 5) is 23.6. The maximum absolute atomic E-state index is 12.1. The zero-order valence-electron chi connectivity index (χ0n) is 13.7. The third-order valence-electron chi connectivity index (χ3n) is 3.59. The van der Waals surface area contributed by atoms with Crippen LogP contribution in [-0.2, 0) is 4.79 Å². The minimum absolute atomic E-state index is 0.00373. The lowest BCUT2D eigenvalue weighted by Crippen LogP contribution is -2.07. The van der Waals surface area contributed by atoms with Crippen LogP contribution in [0.5, 0.6) is 5.75 Å². The zero-order chi connectivity index (χ0) is 16.7. The van der Waals surface area contributed by atoms with E-state index in [9.17, 15) is 9.59 Å². The molecule has 0 amide bonds. The van der Waals surface area contributed by atoms with Crippen LogP contribution in [0.1, 0.15) is 43.5 Å². The fourth-order valence-corrected chi connectivity index (χ4v) is 2.41. The van der Waals surface area contributed by atoms with Gasteiger partial charge in [-0.15, -0.1) is 0 Å². The van der Waals surface area contributed by atoms with E-state index in [0.717, 1.165) is 23.3 Å². The first-order valence-electron chi connectivity index (χ1n) is 8.02. The Bertz CT molecular complexity index is 654. The van der Waals surface area contributed by atoms with E-state index in [1.165, 1.54) is 0 Å². The molecule has 0 aliphatic rings. The maximum atomic E-state index is 12.1. The van der Waals surface area contributed by atoms with Gasteiger partial charge in [-0.1, -0.05) is 43.3 Å². The van der Waals surface area contributed by atoms with Crippen LogP contribution in [0.4, 0.5) is 0 Å². The summed E-state index contributed by atoms with van der Waals surface area (Å²) < 4.78 is 5.43. The van der Waals surface area contributed by atoms with E-state index in [4.69, 9.17) is 4.74 Å². The van der Waals surface area contributed by atoms with Crippen molar-refractivity contribution >= 4 is 11.6 Å². The quantitative estimate of drug-likeness (QED) is 0.524. The highest BCUT2D eigenvalue weighted by Gasteiger charge is 2.11. The highest BCUT2D eigenvalue weighted by atomic mass is 16.5. The van der Waals surface area contributed by atoms with Crippen molar-refractivity contribution in [3.8, 4) is 16.9 Å². The smallest absolute Gasteiger partial charge is 0.170 e. The van der Waals surface area contributed by atoms with Gasteiger partial charge in [0.2, 0.25) is 0 Å². The van der Waals surface area contributed by atoms with Gasteiger partial charge in [-0.05, 0) is 36.6 Å². The molecular weight excluding hydrogens is 288 g/mol. The highest BCUT2D eigenvalue weighted by Crippen LogP contribution is 2.23. The molecule has 0 bridgehead atoms. The van der Waals surface area contributed by atoms with E-state index >= 15 is 0 Å². The van der Waals surface area contributed by atoms with Crippen molar-refractivity contribution < 1.29 is 14.3 Å². The number of rotatable bonds is 8. The van der Waals surface area contributed by atoms with Gasteiger partial charge in [0.05, 0.1) is 13.0 Å². The summed E-state index contributed by atoms with van der Waals surface area (Å²) in [6.45, 7) is 4.54. The summed E-state index contributed by atoms with van der Waals surface area (Å²) in [6, 6.07) is 15.2. The molecule has 2 aromatic rings. The first-order valence-corrected chi connectivity index (χ1v) is 8.02. The Morgan fingerprint density at radius 2 is 1.43 bits per heavy atom. The summed E-state index contributed by atoms with van der Waals surface area (Å²) in [5.74, 6) is 0.743. The van der Waals surface area contributed by atoms with Gasteiger partial charge in [0.25, 0.3) is 0 Å². The van der Waals surface area contributed by atoms with E-state index < -0.39 is 0 Å². The molecule has 0 atom stereocenters. The number of carbonyl (C=O) groups excluding carboxylic acids is 2. The van der Waals surface area contributed by atoms with Crippen LogP contribution in [0.2, 0.25) is 0 Å². The largest absolute Gasteiger partial charge is 0.494 e. The van der Waals surface area contributed by atoms with E-state index in [1.54, 1.807) is 12.1 Å². The number of ketones is 2. The minimum atomic E-state index is -0.110. The molecule has 23 heavy (non-hydrogen) atoms. The van der Waals surface area contributed by atoms with Crippen LogP contribution in [-0.4, -0.2) is 18.2 Å². The molecule has 3 heteroatoms. The Morgan fingerprint density at radius 1 is 0.870 bits per heavy atom.